The van der Waals surface area contributed by atoms with Crippen LogP contribution in [0.4, 0.5) is 0 Å². The second kappa shape index (κ2) is 0.918. The van der Waals surface area contributed by atoms with Crippen molar-refractivity contribution in [3.8, 4) is 6.07 Å². The second-order valence-electron chi connectivity index (χ2n) is 2.98. The number of hydrogen-bond donors (Lipinski definition) is 1. The first kappa shape index (κ1) is 4.34. The number of rotatable bonds is 0. The molecule has 0 aliphatic heterocycles. The molecule has 0 bridgehead atoms. The highest BCUT2D eigenvalue weighted by atomic mass is 14.9. The predicted molar refractivity (Wildman–Crippen MR) is 28.7 cm³/mol. The van der Waals surface area contributed by atoms with E-state index in [4.69, 9.17) is 11.0 Å². The molecule has 0 spiro atoms. The van der Waals surface area contributed by atoms with E-state index in [9.17, 15) is 0 Å². The molecular weight excluding hydrogens is 100 g/mol. The lowest BCUT2D eigenvalue weighted by atomic mass is 9.82. The normalized spacial score (nSPS) is 58.0. The van der Waals surface area contributed by atoms with Gasteiger partial charge >= 0.3 is 0 Å². The van der Waals surface area contributed by atoms with Gasteiger partial charge in [0.25, 0.3) is 0 Å². The molecule has 2 N–H and O–H groups in total. The Morgan fingerprint density at radius 1 is 1.62 bits per heavy atom. The van der Waals surface area contributed by atoms with Gasteiger partial charge in [-0.1, -0.05) is 0 Å². The Morgan fingerprint density at radius 2 is 2.38 bits per heavy atom. The lowest BCUT2D eigenvalue weighted by Crippen LogP contribution is -2.38. The van der Waals surface area contributed by atoms with Gasteiger partial charge in [-0.2, -0.15) is 5.26 Å². The Bertz CT molecular complexity index is 170. The lowest BCUT2D eigenvalue weighted by Gasteiger charge is -2.25. The molecule has 2 rings (SSSR count). The fourth-order valence-electron chi connectivity index (χ4n) is 1.65. The van der Waals surface area contributed by atoms with Gasteiger partial charge in [-0.3, -0.25) is 0 Å². The average Bonchev–Trinajstić information content (AvgIpc) is 2.21. The first-order valence-corrected chi connectivity index (χ1v) is 2.95. The van der Waals surface area contributed by atoms with Crippen LogP contribution in [0.2, 0.25) is 0 Å². The maximum Gasteiger partial charge on any atom is 0.0660 e. The van der Waals surface area contributed by atoms with E-state index in [2.05, 4.69) is 6.07 Å². The Labute approximate surface area is 48.3 Å². The monoisotopic (exact) mass is 108 g/mol. The molecule has 2 heteroatoms. The van der Waals surface area contributed by atoms with Gasteiger partial charge in [0.15, 0.2) is 0 Å². The van der Waals surface area contributed by atoms with Crippen LogP contribution in [0.1, 0.15) is 12.8 Å². The number of nitrogens with zero attached hydrogens (tertiary/aromatic N) is 1. The molecule has 2 saturated carbocycles. The highest BCUT2D eigenvalue weighted by Gasteiger charge is 2.64. The summed E-state index contributed by atoms with van der Waals surface area (Å²) in [6, 6.07) is 2.24. The van der Waals surface area contributed by atoms with Crippen LogP contribution in [0.3, 0.4) is 0 Å². The van der Waals surface area contributed by atoms with E-state index in [1.54, 1.807) is 0 Å². The van der Waals surface area contributed by atoms with Gasteiger partial charge in [-0.15, -0.1) is 0 Å². The zero-order valence-corrected chi connectivity index (χ0v) is 4.59. The van der Waals surface area contributed by atoms with Gasteiger partial charge in [0, 0.05) is 5.54 Å². The van der Waals surface area contributed by atoms with Crippen molar-refractivity contribution in [2.24, 2.45) is 17.6 Å². The summed E-state index contributed by atoms with van der Waals surface area (Å²) in [6.07, 6.45) is 2.05. The van der Waals surface area contributed by atoms with Gasteiger partial charge in [0.1, 0.15) is 0 Å². The predicted octanol–water partition coefficient (Wildman–Crippen LogP) is 0.247. The summed E-state index contributed by atoms with van der Waals surface area (Å²) in [6.45, 7) is 0. The molecule has 0 amide bonds. The maximum atomic E-state index is 8.39. The van der Waals surface area contributed by atoms with Crippen LogP contribution in [0.25, 0.3) is 0 Å². The molecule has 0 aromatic rings. The van der Waals surface area contributed by atoms with Crippen molar-refractivity contribution in [2.75, 3.05) is 0 Å². The third kappa shape index (κ3) is 0.285. The molecule has 2 aliphatic rings. The summed E-state index contributed by atoms with van der Waals surface area (Å²) in [7, 11) is 0. The van der Waals surface area contributed by atoms with E-state index in [0.29, 0.717) is 11.8 Å². The molecule has 3 atom stereocenters. The van der Waals surface area contributed by atoms with Crippen LogP contribution in [0, 0.1) is 23.2 Å². The lowest BCUT2D eigenvalue weighted by molar-refractivity contribution is 0.317. The molecule has 1 unspecified atom stereocenters. The van der Waals surface area contributed by atoms with Gasteiger partial charge in [-0.05, 0) is 18.8 Å². The largest absolute Gasteiger partial charge is 0.325 e. The van der Waals surface area contributed by atoms with Gasteiger partial charge in [0.2, 0.25) is 0 Å². The standard InChI is InChI=1S/C6H8N2/c7-3-4-1-6(8)2-5(4)6/h4-5H,1-2,8H2/t4?,5-,6-/m1/s1. The second-order valence-corrected chi connectivity index (χ2v) is 2.98. The maximum absolute atomic E-state index is 8.39. The number of hydrogen-bond acceptors (Lipinski definition) is 2. The number of nitrogens with two attached hydrogens (primary N) is 1. The van der Waals surface area contributed by atoms with E-state index < -0.39 is 0 Å². The van der Waals surface area contributed by atoms with Crippen LogP contribution in [-0.2, 0) is 0 Å². The fraction of sp³-hybridized carbons (Fsp3) is 0.833. The summed E-state index contributed by atoms with van der Waals surface area (Å²) < 4.78 is 0. The third-order valence-corrected chi connectivity index (χ3v) is 2.43. The summed E-state index contributed by atoms with van der Waals surface area (Å²) >= 11 is 0. The molecule has 0 saturated heterocycles. The molecule has 0 radical (unpaired) electrons. The van der Waals surface area contributed by atoms with Crippen molar-refractivity contribution in [2.45, 2.75) is 18.4 Å². The quantitative estimate of drug-likeness (QED) is 0.483. The summed E-state index contributed by atoms with van der Waals surface area (Å²) in [4.78, 5) is 0. The minimum Gasteiger partial charge on any atom is -0.325 e. The first-order chi connectivity index (χ1) is 3.76. The van der Waals surface area contributed by atoms with Crippen LogP contribution in [-0.4, -0.2) is 5.54 Å². The van der Waals surface area contributed by atoms with Crippen molar-refractivity contribution < 1.29 is 0 Å². The summed E-state index contributed by atoms with van der Waals surface area (Å²) in [5, 5.41) is 8.39. The average molecular weight is 108 g/mol. The zero-order chi connectivity index (χ0) is 5.78. The van der Waals surface area contributed by atoms with Crippen molar-refractivity contribution in [3.63, 3.8) is 0 Å². The number of fused-ring (bicyclic) bond motifs is 1. The molecule has 2 fully saturated rings. The van der Waals surface area contributed by atoms with E-state index in [1.807, 2.05) is 0 Å². The molecule has 2 nitrogen and oxygen atoms in total. The van der Waals surface area contributed by atoms with Crippen LogP contribution >= 0.6 is 0 Å². The Kier molecular flexibility index (Phi) is 0.498. The smallest absolute Gasteiger partial charge is 0.0660 e. The van der Waals surface area contributed by atoms with E-state index in [1.165, 1.54) is 0 Å². The van der Waals surface area contributed by atoms with Crippen molar-refractivity contribution in [3.05, 3.63) is 0 Å². The fourth-order valence-corrected chi connectivity index (χ4v) is 1.65. The van der Waals surface area contributed by atoms with Crippen LogP contribution in [0.5, 0.6) is 0 Å². The van der Waals surface area contributed by atoms with Crippen molar-refractivity contribution in [1.29, 1.82) is 5.26 Å². The van der Waals surface area contributed by atoms with Crippen LogP contribution in [0.15, 0.2) is 0 Å². The molecule has 0 aromatic heterocycles. The molecule has 42 valence electrons. The Morgan fingerprint density at radius 3 is 2.50 bits per heavy atom. The minimum absolute atomic E-state index is 0.139. The van der Waals surface area contributed by atoms with Crippen LogP contribution < -0.4 is 5.73 Å². The highest BCUT2D eigenvalue weighted by Crippen LogP contribution is 2.61. The molecular formula is C6H8N2. The molecule has 0 heterocycles. The molecule has 2 aliphatic carbocycles. The van der Waals surface area contributed by atoms with Gasteiger partial charge in [-0.25, -0.2) is 0 Å². The third-order valence-electron chi connectivity index (χ3n) is 2.43. The van der Waals surface area contributed by atoms with Gasteiger partial charge < -0.3 is 5.73 Å². The van der Waals surface area contributed by atoms with E-state index in [0.717, 1.165) is 12.8 Å². The van der Waals surface area contributed by atoms with E-state index >= 15 is 0 Å². The topological polar surface area (TPSA) is 49.8 Å². The number of nitriles is 1. The van der Waals surface area contributed by atoms with E-state index in [-0.39, 0.29) is 5.54 Å². The zero-order valence-electron chi connectivity index (χ0n) is 4.59. The molecule has 0 aromatic carbocycles. The first-order valence-electron chi connectivity index (χ1n) is 2.95. The Balaban J connectivity index is 2.09. The SMILES string of the molecule is N#CC1C[C@@]2(N)C[C@H]12. The minimum atomic E-state index is 0.139. The van der Waals surface area contributed by atoms with Crippen molar-refractivity contribution in [1.82, 2.24) is 0 Å². The van der Waals surface area contributed by atoms with Gasteiger partial charge in [0.05, 0.1) is 12.0 Å². The summed E-state index contributed by atoms with van der Waals surface area (Å²) in [5.74, 6) is 0.882. The molecule has 8 heavy (non-hydrogen) atoms. The Hall–Kier alpha value is -0.550. The van der Waals surface area contributed by atoms with Crippen molar-refractivity contribution >= 4 is 0 Å². The highest BCUT2D eigenvalue weighted by molar-refractivity contribution is 5.25. The summed E-state index contributed by atoms with van der Waals surface area (Å²) in [5.41, 5.74) is 5.85.